The van der Waals surface area contributed by atoms with Gasteiger partial charge in [-0.25, -0.2) is 0 Å². The topological polar surface area (TPSA) is 53.7 Å². The van der Waals surface area contributed by atoms with Crippen LogP contribution in [0.25, 0.3) is 0 Å². The van der Waals surface area contributed by atoms with Gasteiger partial charge in [0.1, 0.15) is 5.60 Å². The normalized spacial score (nSPS) is 43.9. The first-order valence-electron chi connectivity index (χ1n) is 7.55. The summed E-state index contributed by atoms with van der Waals surface area (Å²) in [4.78, 5) is 0. The Hall–Kier alpha value is 0.0569. The van der Waals surface area contributed by atoms with Gasteiger partial charge in [0.15, 0.2) is 0 Å². The minimum Gasteiger partial charge on any atom is -0.365 e. The highest BCUT2D eigenvalue weighted by atomic mass is 28.4. The van der Waals surface area contributed by atoms with Crippen molar-refractivity contribution in [3.63, 3.8) is 0 Å². The Morgan fingerprint density at radius 3 is 2.26 bits per heavy atom. The SMILES string of the molecule is CCCCC1(C)O[Si]2(CCCN)OC(C)(C)C1(C)O2. The summed E-state index contributed by atoms with van der Waals surface area (Å²) >= 11 is 0. The summed E-state index contributed by atoms with van der Waals surface area (Å²) in [6.45, 7) is 11.5. The summed E-state index contributed by atoms with van der Waals surface area (Å²) < 4.78 is 19.1. The van der Waals surface area contributed by atoms with Crippen LogP contribution in [0, 0.1) is 0 Å². The first-order valence-corrected chi connectivity index (χ1v) is 9.48. The Morgan fingerprint density at radius 1 is 1.00 bits per heavy atom. The molecule has 0 aromatic rings. The van der Waals surface area contributed by atoms with Gasteiger partial charge in [-0.15, -0.1) is 0 Å². The van der Waals surface area contributed by atoms with Gasteiger partial charge in [0.25, 0.3) is 0 Å². The van der Waals surface area contributed by atoms with Crippen LogP contribution in [0.15, 0.2) is 0 Å². The summed E-state index contributed by atoms with van der Waals surface area (Å²) in [5, 5.41) is 0. The van der Waals surface area contributed by atoms with Crippen LogP contribution in [-0.2, 0) is 13.3 Å². The van der Waals surface area contributed by atoms with E-state index in [0.29, 0.717) is 6.54 Å². The molecule has 5 heteroatoms. The van der Waals surface area contributed by atoms with E-state index in [1.54, 1.807) is 0 Å². The van der Waals surface area contributed by atoms with Crippen LogP contribution >= 0.6 is 0 Å². The maximum absolute atomic E-state index is 6.42. The minimum absolute atomic E-state index is 0.231. The van der Waals surface area contributed by atoms with Crippen molar-refractivity contribution >= 4 is 8.80 Å². The average Bonchev–Trinajstić information content (AvgIpc) is 2.66. The highest BCUT2D eigenvalue weighted by molar-refractivity contribution is 6.62. The number of hydrogen-bond donors (Lipinski definition) is 1. The lowest BCUT2D eigenvalue weighted by Crippen LogP contribution is -2.63. The zero-order valence-electron chi connectivity index (χ0n) is 13.0. The molecule has 2 heterocycles. The second-order valence-electron chi connectivity index (χ2n) is 6.76. The van der Waals surface area contributed by atoms with E-state index in [4.69, 9.17) is 19.0 Å². The van der Waals surface area contributed by atoms with Crippen molar-refractivity contribution in [1.82, 2.24) is 0 Å². The first-order chi connectivity index (χ1) is 8.74. The third kappa shape index (κ3) is 2.19. The van der Waals surface area contributed by atoms with E-state index in [1.165, 1.54) is 6.42 Å². The molecule has 0 aromatic heterocycles. The van der Waals surface area contributed by atoms with Crippen LogP contribution in [0.2, 0.25) is 6.04 Å². The quantitative estimate of drug-likeness (QED) is 0.763. The lowest BCUT2D eigenvalue weighted by Gasteiger charge is -2.49. The van der Waals surface area contributed by atoms with Crippen molar-refractivity contribution in [2.75, 3.05) is 6.54 Å². The van der Waals surface area contributed by atoms with Crippen LogP contribution in [0.3, 0.4) is 0 Å². The predicted octanol–water partition coefficient (Wildman–Crippen LogP) is 2.84. The van der Waals surface area contributed by atoms with Crippen molar-refractivity contribution < 1.29 is 13.3 Å². The lowest BCUT2D eigenvalue weighted by atomic mass is 9.72. The molecule has 112 valence electrons. The molecule has 2 aliphatic rings. The van der Waals surface area contributed by atoms with Crippen molar-refractivity contribution in [3.05, 3.63) is 0 Å². The Morgan fingerprint density at radius 2 is 1.68 bits per heavy atom. The Bertz CT molecular complexity index is 352. The first kappa shape index (κ1) is 15.4. The molecule has 0 spiro atoms. The molecule has 2 rings (SSSR count). The molecule has 2 bridgehead atoms. The molecule has 4 nitrogen and oxygen atoms in total. The number of hydrogen-bond acceptors (Lipinski definition) is 4. The van der Waals surface area contributed by atoms with E-state index < -0.39 is 8.80 Å². The van der Waals surface area contributed by atoms with Gasteiger partial charge in [-0.1, -0.05) is 19.8 Å². The van der Waals surface area contributed by atoms with Crippen LogP contribution < -0.4 is 5.73 Å². The second kappa shape index (κ2) is 4.81. The zero-order chi connectivity index (χ0) is 14.4. The fourth-order valence-electron chi connectivity index (χ4n) is 3.44. The monoisotopic (exact) mass is 287 g/mol. The number of unbranched alkanes of at least 4 members (excludes halogenated alkanes) is 1. The smallest absolute Gasteiger partial charge is 0.365 e. The molecule has 2 saturated heterocycles. The maximum Gasteiger partial charge on any atom is 0.502 e. The third-order valence-corrected chi connectivity index (χ3v) is 8.27. The highest BCUT2D eigenvalue weighted by Gasteiger charge is 2.76. The molecular formula is C14H29NO3Si. The van der Waals surface area contributed by atoms with Gasteiger partial charge in [0, 0.05) is 6.04 Å². The standard InChI is InChI=1S/C14H29NO3Si/c1-6-7-9-13(4)14(5)12(2,3)16-19(17-13,18-14)11-8-10-15/h6-11,15H2,1-5H3. The van der Waals surface area contributed by atoms with E-state index in [-0.39, 0.29) is 16.8 Å². The average molecular weight is 287 g/mol. The van der Waals surface area contributed by atoms with Gasteiger partial charge >= 0.3 is 8.80 Å². The van der Waals surface area contributed by atoms with Crippen molar-refractivity contribution in [3.8, 4) is 0 Å². The number of nitrogens with two attached hydrogens (primary N) is 1. The molecule has 0 radical (unpaired) electrons. The van der Waals surface area contributed by atoms with Crippen LogP contribution in [-0.4, -0.2) is 32.2 Å². The van der Waals surface area contributed by atoms with E-state index in [0.717, 1.165) is 25.3 Å². The van der Waals surface area contributed by atoms with Gasteiger partial charge in [-0.2, -0.15) is 0 Å². The maximum atomic E-state index is 6.42. The Labute approximate surface area is 118 Å². The van der Waals surface area contributed by atoms with Gasteiger partial charge in [0.05, 0.1) is 11.2 Å². The fraction of sp³-hybridized carbons (Fsp3) is 1.00. The predicted molar refractivity (Wildman–Crippen MR) is 77.9 cm³/mol. The molecule has 0 aliphatic carbocycles. The molecule has 3 atom stereocenters. The minimum atomic E-state index is -2.53. The lowest BCUT2D eigenvalue weighted by molar-refractivity contribution is -0.144. The molecule has 0 aromatic carbocycles. The highest BCUT2D eigenvalue weighted by Crippen LogP contribution is 2.59. The molecule has 2 fully saturated rings. The molecule has 2 N–H and O–H groups in total. The fourth-order valence-corrected chi connectivity index (χ4v) is 7.55. The van der Waals surface area contributed by atoms with E-state index >= 15 is 0 Å². The van der Waals surface area contributed by atoms with Crippen LogP contribution in [0.5, 0.6) is 0 Å². The summed E-state index contributed by atoms with van der Waals surface area (Å²) in [7, 11) is -2.53. The van der Waals surface area contributed by atoms with Gasteiger partial charge in [0.2, 0.25) is 0 Å². The van der Waals surface area contributed by atoms with Crippen LogP contribution in [0.1, 0.15) is 60.3 Å². The van der Waals surface area contributed by atoms with Crippen molar-refractivity contribution in [1.29, 1.82) is 0 Å². The summed E-state index contributed by atoms with van der Waals surface area (Å²) in [5.41, 5.74) is 4.77. The molecule has 2 aliphatic heterocycles. The Balaban J connectivity index is 2.25. The molecular weight excluding hydrogens is 258 g/mol. The van der Waals surface area contributed by atoms with Gasteiger partial charge in [-0.05, 0) is 47.1 Å². The molecule has 0 saturated carbocycles. The van der Waals surface area contributed by atoms with Crippen molar-refractivity contribution in [2.24, 2.45) is 5.73 Å². The van der Waals surface area contributed by atoms with Crippen LogP contribution in [0.4, 0.5) is 0 Å². The molecule has 3 unspecified atom stereocenters. The van der Waals surface area contributed by atoms with Gasteiger partial charge in [-0.3, -0.25) is 0 Å². The third-order valence-electron chi connectivity index (χ3n) is 5.00. The summed E-state index contributed by atoms with van der Waals surface area (Å²) in [5.74, 6) is 0. The van der Waals surface area contributed by atoms with E-state index in [9.17, 15) is 0 Å². The zero-order valence-corrected chi connectivity index (χ0v) is 14.0. The molecule has 19 heavy (non-hydrogen) atoms. The number of rotatable bonds is 6. The largest absolute Gasteiger partial charge is 0.502 e. The summed E-state index contributed by atoms with van der Waals surface area (Å²) in [6.07, 6.45) is 4.27. The second-order valence-corrected chi connectivity index (χ2v) is 9.24. The Kier molecular flexibility index (Phi) is 3.91. The van der Waals surface area contributed by atoms with Gasteiger partial charge < -0.3 is 19.0 Å². The molecule has 0 amide bonds. The van der Waals surface area contributed by atoms with E-state index in [1.807, 2.05) is 0 Å². The van der Waals surface area contributed by atoms with Crippen molar-refractivity contribution in [2.45, 2.75) is 83.1 Å². The summed E-state index contributed by atoms with van der Waals surface area (Å²) in [6, 6.07) is 0.838. The number of fused-ring (bicyclic) bond motifs is 2. The van der Waals surface area contributed by atoms with E-state index in [2.05, 4.69) is 34.6 Å².